The van der Waals surface area contributed by atoms with Gasteiger partial charge in [-0.1, -0.05) is 42.4 Å². The van der Waals surface area contributed by atoms with Crippen molar-refractivity contribution in [1.29, 1.82) is 0 Å². The van der Waals surface area contributed by atoms with Crippen molar-refractivity contribution >= 4 is 46.2 Å². The van der Waals surface area contributed by atoms with Crippen LogP contribution >= 0.6 is 11.6 Å². The molecule has 0 unspecified atom stereocenters. The van der Waals surface area contributed by atoms with Gasteiger partial charge in [0, 0.05) is 16.8 Å². The zero-order valence-electron chi connectivity index (χ0n) is 19.8. The first-order valence-electron chi connectivity index (χ1n) is 11.4. The Morgan fingerprint density at radius 3 is 2.63 bits per heavy atom. The number of aromatic nitrogens is 2. The third kappa shape index (κ3) is 5.72. The largest absolute Gasteiger partial charge is 0.495 e. The van der Waals surface area contributed by atoms with Crippen LogP contribution in [0.2, 0.25) is 5.02 Å². The number of benzene rings is 2. The topological polar surface area (TPSA) is 105 Å². The number of hydrogen-bond donors (Lipinski definition) is 3. The Kier molecular flexibility index (Phi) is 7.53. The predicted octanol–water partition coefficient (Wildman–Crippen LogP) is 4.93. The number of nitrogens with two attached hydrogens (primary N) is 1. The molecule has 0 radical (unpaired) electrons. The van der Waals surface area contributed by atoms with Gasteiger partial charge in [-0.25, -0.2) is 4.98 Å². The van der Waals surface area contributed by atoms with Crippen molar-refractivity contribution in [2.24, 2.45) is 5.73 Å². The standard InChI is InChI=1S/C26H29ClN6O2/c1-16(24(28)34)19-6-4-5-7-21(19)30-25-20(27)15-29-26(32-25)31-22-9-8-18(14-23(22)35-3)17-10-12-33(2)13-11-17/h4-9,14-15,17H,1,10-13H2,2-3H3,(H2,28,34)(H2,29,30,31,32). The molecule has 1 amide bonds. The quantitative estimate of drug-likeness (QED) is 0.383. The highest BCUT2D eigenvalue weighted by atomic mass is 35.5. The monoisotopic (exact) mass is 492 g/mol. The van der Waals surface area contributed by atoms with Gasteiger partial charge in [-0.3, -0.25) is 4.79 Å². The average molecular weight is 493 g/mol. The number of halogens is 1. The first-order valence-corrected chi connectivity index (χ1v) is 11.7. The second-order valence-corrected chi connectivity index (χ2v) is 8.97. The second kappa shape index (κ2) is 10.8. The molecule has 2 aromatic carbocycles. The third-order valence-corrected chi connectivity index (χ3v) is 6.49. The molecule has 1 aliphatic heterocycles. The lowest BCUT2D eigenvalue weighted by molar-refractivity contribution is -0.112. The highest BCUT2D eigenvalue weighted by Gasteiger charge is 2.20. The number of hydrogen-bond acceptors (Lipinski definition) is 7. The van der Waals surface area contributed by atoms with E-state index in [9.17, 15) is 4.79 Å². The summed E-state index contributed by atoms with van der Waals surface area (Å²) in [4.78, 5) is 22.8. The summed E-state index contributed by atoms with van der Waals surface area (Å²) in [6, 6.07) is 13.4. The minimum atomic E-state index is -0.605. The highest BCUT2D eigenvalue weighted by molar-refractivity contribution is 6.33. The summed E-state index contributed by atoms with van der Waals surface area (Å²) in [5.74, 6) is 1.35. The molecule has 0 bridgehead atoms. The Balaban J connectivity index is 1.56. The van der Waals surface area contributed by atoms with Crippen molar-refractivity contribution in [2.75, 3.05) is 37.9 Å². The molecule has 1 saturated heterocycles. The average Bonchev–Trinajstić information content (AvgIpc) is 2.86. The number of para-hydroxylation sites is 1. The molecule has 0 atom stereocenters. The van der Waals surface area contributed by atoms with Gasteiger partial charge in [0.2, 0.25) is 11.9 Å². The number of methoxy groups -OCH3 is 1. The predicted molar refractivity (Wildman–Crippen MR) is 141 cm³/mol. The molecule has 3 aromatic rings. The molecule has 8 nitrogen and oxygen atoms in total. The molecule has 35 heavy (non-hydrogen) atoms. The van der Waals surface area contributed by atoms with Crippen LogP contribution in [-0.4, -0.2) is 48.0 Å². The maximum atomic E-state index is 11.6. The fraction of sp³-hybridized carbons (Fsp3) is 0.269. The van der Waals surface area contributed by atoms with Crippen LogP contribution in [-0.2, 0) is 4.79 Å². The highest BCUT2D eigenvalue weighted by Crippen LogP contribution is 2.35. The van der Waals surface area contributed by atoms with Crippen molar-refractivity contribution < 1.29 is 9.53 Å². The van der Waals surface area contributed by atoms with Crippen LogP contribution < -0.4 is 21.1 Å². The molecule has 1 fully saturated rings. The fourth-order valence-corrected chi connectivity index (χ4v) is 4.30. The normalized spacial score (nSPS) is 14.4. The number of rotatable bonds is 8. The van der Waals surface area contributed by atoms with Crippen LogP contribution in [0.25, 0.3) is 5.57 Å². The lowest BCUT2D eigenvalue weighted by Gasteiger charge is -2.29. The molecule has 9 heteroatoms. The van der Waals surface area contributed by atoms with E-state index >= 15 is 0 Å². The summed E-state index contributed by atoms with van der Waals surface area (Å²) in [5, 5.41) is 6.70. The van der Waals surface area contributed by atoms with Crippen LogP contribution in [0.5, 0.6) is 5.75 Å². The van der Waals surface area contributed by atoms with Gasteiger partial charge in [0.25, 0.3) is 0 Å². The number of amides is 1. The van der Waals surface area contributed by atoms with E-state index in [0.717, 1.165) is 37.4 Å². The molecular formula is C26H29ClN6O2. The Labute approximate surface area is 210 Å². The van der Waals surface area contributed by atoms with E-state index in [1.165, 1.54) is 11.8 Å². The smallest absolute Gasteiger partial charge is 0.248 e. The molecule has 1 aromatic heterocycles. The maximum Gasteiger partial charge on any atom is 0.248 e. The van der Waals surface area contributed by atoms with Gasteiger partial charge in [-0.05, 0) is 62.7 Å². The number of likely N-dealkylation sites (tertiary alicyclic amines) is 1. The Morgan fingerprint density at radius 2 is 1.91 bits per heavy atom. The van der Waals surface area contributed by atoms with Crippen LogP contribution in [0.15, 0.2) is 55.2 Å². The second-order valence-electron chi connectivity index (χ2n) is 8.57. The van der Waals surface area contributed by atoms with E-state index in [0.29, 0.717) is 34.0 Å². The summed E-state index contributed by atoms with van der Waals surface area (Å²) in [7, 11) is 3.81. The van der Waals surface area contributed by atoms with Gasteiger partial charge in [-0.15, -0.1) is 0 Å². The number of nitrogens with one attached hydrogen (secondary N) is 2. The van der Waals surface area contributed by atoms with Crippen molar-refractivity contribution in [1.82, 2.24) is 14.9 Å². The fourth-order valence-electron chi connectivity index (χ4n) is 4.16. The van der Waals surface area contributed by atoms with Gasteiger partial charge in [0.15, 0.2) is 5.82 Å². The number of piperidine rings is 1. The van der Waals surface area contributed by atoms with Crippen LogP contribution in [0, 0.1) is 0 Å². The van der Waals surface area contributed by atoms with Crippen molar-refractivity contribution in [3.63, 3.8) is 0 Å². The van der Waals surface area contributed by atoms with Crippen molar-refractivity contribution in [3.05, 3.63) is 71.4 Å². The van der Waals surface area contributed by atoms with Gasteiger partial charge in [0.05, 0.1) is 19.0 Å². The zero-order valence-corrected chi connectivity index (χ0v) is 20.6. The zero-order chi connectivity index (χ0) is 24.9. The number of nitrogens with zero attached hydrogens (tertiary/aromatic N) is 3. The molecule has 4 rings (SSSR count). The van der Waals surface area contributed by atoms with Crippen LogP contribution in [0.1, 0.15) is 29.9 Å². The number of ether oxygens (including phenoxy) is 1. The molecule has 1 aliphatic rings. The molecule has 4 N–H and O–H groups in total. The molecule has 0 aliphatic carbocycles. The Hall–Kier alpha value is -3.62. The van der Waals surface area contributed by atoms with Gasteiger partial charge >= 0.3 is 0 Å². The summed E-state index contributed by atoms with van der Waals surface area (Å²) in [5.41, 5.74) is 8.79. The van der Waals surface area contributed by atoms with Crippen LogP contribution in [0.3, 0.4) is 0 Å². The molecule has 182 valence electrons. The molecule has 0 saturated carbocycles. The van der Waals surface area contributed by atoms with E-state index < -0.39 is 5.91 Å². The molecule has 0 spiro atoms. The Bertz CT molecular complexity index is 1240. The van der Waals surface area contributed by atoms with Gasteiger partial charge in [0.1, 0.15) is 10.8 Å². The summed E-state index contributed by atoms with van der Waals surface area (Å²) < 4.78 is 5.66. The number of anilines is 4. The molecule has 2 heterocycles. The lowest BCUT2D eigenvalue weighted by atomic mass is 9.89. The number of carbonyl (C=O) groups is 1. The first-order chi connectivity index (χ1) is 16.9. The lowest BCUT2D eigenvalue weighted by Crippen LogP contribution is -2.29. The summed E-state index contributed by atoms with van der Waals surface area (Å²) >= 11 is 6.36. The van der Waals surface area contributed by atoms with Crippen LogP contribution in [0.4, 0.5) is 23.1 Å². The maximum absolute atomic E-state index is 11.6. The number of carbonyl (C=O) groups excluding carboxylic acids is 1. The summed E-state index contributed by atoms with van der Waals surface area (Å²) in [6.45, 7) is 5.97. The summed E-state index contributed by atoms with van der Waals surface area (Å²) in [6.07, 6.45) is 3.76. The van der Waals surface area contributed by atoms with Crippen molar-refractivity contribution in [3.8, 4) is 5.75 Å². The van der Waals surface area contributed by atoms with E-state index in [4.69, 9.17) is 22.1 Å². The first kappa shape index (κ1) is 24.5. The minimum Gasteiger partial charge on any atom is -0.495 e. The van der Waals surface area contributed by atoms with E-state index in [1.807, 2.05) is 12.1 Å². The minimum absolute atomic E-state index is 0.186. The number of primary amides is 1. The van der Waals surface area contributed by atoms with E-state index in [-0.39, 0.29) is 5.57 Å². The van der Waals surface area contributed by atoms with E-state index in [1.54, 1.807) is 25.3 Å². The third-order valence-electron chi connectivity index (χ3n) is 6.21. The van der Waals surface area contributed by atoms with Gasteiger partial charge < -0.3 is 26.0 Å². The van der Waals surface area contributed by atoms with Gasteiger partial charge in [-0.2, -0.15) is 4.98 Å². The van der Waals surface area contributed by atoms with Crippen molar-refractivity contribution in [2.45, 2.75) is 18.8 Å². The SMILES string of the molecule is C=C(C(N)=O)c1ccccc1Nc1nc(Nc2ccc(C3CCN(C)CC3)cc2OC)ncc1Cl. The van der Waals surface area contributed by atoms with E-state index in [2.05, 4.69) is 51.3 Å². The Morgan fingerprint density at radius 1 is 1.17 bits per heavy atom. The molecular weight excluding hydrogens is 464 g/mol.